The van der Waals surface area contributed by atoms with Gasteiger partial charge in [0.25, 0.3) is 11.8 Å². The Balaban J connectivity index is 2.02. The van der Waals surface area contributed by atoms with Crippen molar-refractivity contribution in [3.05, 3.63) is 35.4 Å². The highest BCUT2D eigenvalue weighted by molar-refractivity contribution is 6.22. The van der Waals surface area contributed by atoms with Crippen molar-refractivity contribution < 1.29 is 29.1 Å². The molecule has 0 aromatic heterocycles. The lowest BCUT2D eigenvalue weighted by atomic mass is 10.1. The van der Waals surface area contributed by atoms with Crippen LogP contribution in [0.1, 0.15) is 33.6 Å². The average molecular weight is 333 g/mol. The van der Waals surface area contributed by atoms with Gasteiger partial charge in [-0.15, -0.1) is 0 Å². The van der Waals surface area contributed by atoms with Gasteiger partial charge in [0.2, 0.25) is 11.8 Å². The van der Waals surface area contributed by atoms with Gasteiger partial charge in [-0.3, -0.25) is 24.1 Å². The van der Waals surface area contributed by atoms with Crippen LogP contribution in [0.25, 0.3) is 0 Å². The quantitative estimate of drug-likeness (QED) is 0.552. The normalized spacial score (nSPS) is 14.2. The summed E-state index contributed by atoms with van der Waals surface area (Å²) in [5.74, 6) is -4.09. The molecule has 1 aliphatic rings. The molecule has 0 saturated carbocycles. The fraction of sp³-hybridized carbons (Fsp3) is 0.267. The third-order valence-electron chi connectivity index (χ3n) is 3.49. The van der Waals surface area contributed by atoms with Gasteiger partial charge in [-0.25, -0.2) is 4.79 Å². The predicted molar refractivity (Wildman–Crippen MR) is 79.8 cm³/mol. The minimum absolute atomic E-state index is 0.182. The summed E-state index contributed by atoms with van der Waals surface area (Å²) in [7, 11) is 0. The van der Waals surface area contributed by atoms with Crippen LogP contribution < -0.4 is 11.1 Å². The van der Waals surface area contributed by atoms with E-state index in [2.05, 4.69) is 5.32 Å². The molecule has 0 bridgehead atoms. The Morgan fingerprint density at radius 2 is 1.67 bits per heavy atom. The number of nitrogens with two attached hydrogens (primary N) is 1. The zero-order valence-electron chi connectivity index (χ0n) is 12.5. The zero-order chi connectivity index (χ0) is 17.9. The first-order chi connectivity index (χ1) is 11.3. The number of benzene rings is 1. The molecule has 9 heteroatoms. The van der Waals surface area contributed by atoms with Crippen LogP contribution in [0, 0.1) is 0 Å². The van der Waals surface area contributed by atoms with Gasteiger partial charge in [-0.1, -0.05) is 12.1 Å². The van der Waals surface area contributed by atoms with Gasteiger partial charge >= 0.3 is 5.97 Å². The summed E-state index contributed by atoms with van der Waals surface area (Å²) >= 11 is 0. The highest BCUT2D eigenvalue weighted by Gasteiger charge is 2.36. The molecule has 24 heavy (non-hydrogen) atoms. The van der Waals surface area contributed by atoms with Crippen molar-refractivity contribution in [2.45, 2.75) is 18.9 Å². The maximum absolute atomic E-state index is 12.1. The fourth-order valence-corrected chi connectivity index (χ4v) is 2.31. The number of nitrogens with one attached hydrogen (secondary N) is 1. The minimum atomic E-state index is -1.34. The molecular formula is C15H15N3O6. The smallest absolute Gasteiger partial charge is 0.326 e. The van der Waals surface area contributed by atoms with Gasteiger partial charge in [0.05, 0.1) is 11.1 Å². The lowest BCUT2D eigenvalue weighted by Gasteiger charge is -2.17. The molecule has 126 valence electrons. The number of hydrogen-bond acceptors (Lipinski definition) is 5. The molecule has 4 N–H and O–H groups in total. The van der Waals surface area contributed by atoms with Crippen molar-refractivity contribution in [2.75, 3.05) is 6.54 Å². The summed E-state index contributed by atoms with van der Waals surface area (Å²) in [6, 6.07) is 4.80. The number of rotatable bonds is 7. The second-order valence-corrected chi connectivity index (χ2v) is 5.21. The number of aliphatic carboxylic acids is 1. The molecule has 9 nitrogen and oxygen atoms in total. The molecule has 1 aromatic rings. The van der Waals surface area contributed by atoms with Gasteiger partial charge < -0.3 is 16.2 Å². The number of fused-ring (bicyclic) bond motifs is 1. The third-order valence-corrected chi connectivity index (χ3v) is 3.49. The Bertz CT molecular complexity index is 695. The topological polar surface area (TPSA) is 147 Å². The van der Waals surface area contributed by atoms with Crippen LogP contribution in [-0.4, -0.2) is 52.2 Å². The van der Waals surface area contributed by atoms with Crippen LogP contribution in [0.3, 0.4) is 0 Å². The van der Waals surface area contributed by atoms with Crippen LogP contribution in [0.5, 0.6) is 0 Å². The van der Waals surface area contributed by atoms with E-state index in [1.807, 2.05) is 0 Å². The zero-order valence-corrected chi connectivity index (χ0v) is 12.5. The Morgan fingerprint density at radius 3 is 2.12 bits per heavy atom. The van der Waals surface area contributed by atoms with Crippen LogP contribution in [-0.2, 0) is 14.4 Å². The van der Waals surface area contributed by atoms with Crippen LogP contribution in [0.2, 0.25) is 0 Å². The van der Waals surface area contributed by atoms with Crippen molar-refractivity contribution in [1.82, 2.24) is 10.2 Å². The van der Waals surface area contributed by atoms with E-state index in [4.69, 9.17) is 10.8 Å². The summed E-state index contributed by atoms with van der Waals surface area (Å²) in [5.41, 5.74) is 5.33. The molecule has 0 aliphatic carbocycles. The van der Waals surface area contributed by atoms with E-state index in [1.54, 1.807) is 12.1 Å². The number of amides is 4. The summed E-state index contributed by atoms with van der Waals surface area (Å²) in [5, 5.41) is 11.2. The number of carbonyl (C=O) groups excluding carboxylic acids is 4. The molecule has 0 saturated heterocycles. The van der Waals surface area contributed by atoms with E-state index in [9.17, 15) is 24.0 Å². The largest absolute Gasteiger partial charge is 0.480 e. The monoisotopic (exact) mass is 333 g/mol. The average Bonchev–Trinajstić information content (AvgIpc) is 2.76. The van der Waals surface area contributed by atoms with Crippen LogP contribution in [0.15, 0.2) is 24.3 Å². The minimum Gasteiger partial charge on any atom is -0.480 e. The SMILES string of the molecule is NC(=O)CC[C@H](NC(=O)CN1C(=O)c2ccccc2C1=O)C(=O)O. The van der Waals surface area contributed by atoms with Crippen molar-refractivity contribution >= 4 is 29.6 Å². The third kappa shape index (κ3) is 3.57. The molecule has 2 rings (SSSR count). The number of carbonyl (C=O) groups is 5. The Kier molecular flexibility index (Phi) is 4.93. The highest BCUT2D eigenvalue weighted by Crippen LogP contribution is 2.21. The first-order valence-corrected chi connectivity index (χ1v) is 7.07. The summed E-state index contributed by atoms with van der Waals surface area (Å²) < 4.78 is 0. The molecule has 0 fully saturated rings. The number of hydrogen-bond donors (Lipinski definition) is 3. The van der Waals surface area contributed by atoms with E-state index in [1.165, 1.54) is 12.1 Å². The maximum atomic E-state index is 12.1. The van der Waals surface area contributed by atoms with Crippen molar-refractivity contribution in [1.29, 1.82) is 0 Å². The number of carboxylic acid groups (broad SMARTS) is 1. The van der Waals surface area contributed by atoms with Gasteiger partial charge in [-0.05, 0) is 18.6 Å². The predicted octanol–water partition coefficient (Wildman–Crippen LogP) is -0.882. The number of imide groups is 1. The standard InChI is InChI=1S/C15H15N3O6/c16-11(19)6-5-10(15(23)24)17-12(20)7-18-13(21)8-3-1-2-4-9(8)14(18)22/h1-4,10H,5-7H2,(H2,16,19)(H,17,20)(H,23,24)/t10-/m0/s1. The van der Waals surface area contributed by atoms with Crippen molar-refractivity contribution in [3.63, 3.8) is 0 Å². The molecule has 0 radical (unpaired) electrons. The summed E-state index contributed by atoms with van der Waals surface area (Å²) in [6.07, 6.45) is -0.400. The Labute approximate surface area is 136 Å². The summed E-state index contributed by atoms with van der Waals surface area (Å²) in [6.45, 7) is -0.604. The summed E-state index contributed by atoms with van der Waals surface area (Å²) in [4.78, 5) is 58.8. The van der Waals surface area contributed by atoms with E-state index in [0.29, 0.717) is 0 Å². The van der Waals surface area contributed by atoms with Gasteiger partial charge in [0, 0.05) is 6.42 Å². The number of primary amides is 1. The van der Waals surface area contributed by atoms with Crippen molar-refractivity contribution in [3.8, 4) is 0 Å². The molecular weight excluding hydrogens is 318 g/mol. The first kappa shape index (κ1) is 17.1. The Morgan fingerprint density at radius 1 is 1.12 bits per heavy atom. The molecule has 1 atom stereocenters. The van der Waals surface area contributed by atoms with E-state index < -0.39 is 42.2 Å². The molecule has 1 heterocycles. The molecule has 0 spiro atoms. The number of carboxylic acids is 1. The molecule has 1 aliphatic heterocycles. The molecule has 4 amide bonds. The Hall–Kier alpha value is -3.23. The number of nitrogens with zero attached hydrogens (tertiary/aromatic N) is 1. The van der Waals surface area contributed by atoms with Gasteiger partial charge in [-0.2, -0.15) is 0 Å². The van der Waals surface area contributed by atoms with Crippen LogP contribution >= 0.6 is 0 Å². The molecule has 0 unspecified atom stereocenters. The van der Waals surface area contributed by atoms with Crippen molar-refractivity contribution in [2.24, 2.45) is 5.73 Å². The lowest BCUT2D eigenvalue weighted by Crippen LogP contribution is -2.47. The van der Waals surface area contributed by atoms with E-state index in [0.717, 1.165) is 4.90 Å². The first-order valence-electron chi connectivity index (χ1n) is 7.07. The lowest BCUT2D eigenvalue weighted by molar-refractivity contribution is -0.142. The second-order valence-electron chi connectivity index (χ2n) is 5.21. The second kappa shape index (κ2) is 6.90. The molecule has 1 aromatic carbocycles. The van der Waals surface area contributed by atoms with E-state index in [-0.39, 0.29) is 24.0 Å². The van der Waals surface area contributed by atoms with E-state index >= 15 is 0 Å². The fourth-order valence-electron chi connectivity index (χ4n) is 2.31. The van der Waals surface area contributed by atoms with Crippen LogP contribution in [0.4, 0.5) is 0 Å². The highest BCUT2D eigenvalue weighted by atomic mass is 16.4. The maximum Gasteiger partial charge on any atom is 0.326 e. The van der Waals surface area contributed by atoms with Gasteiger partial charge in [0.1, 0.15) is 12.6 Å². The van der Waals surface area contributed by atoms with Gasteiger partial charge in [0.15, 0.2) is 0 Å².